The number of nitrogens with one attached hydrogen (secondary N) is 1. The molecular weight excluding hydrogens is 249 g/mol. The quantitative estimate of drug-likeness (QED) is 0.825. The molecule has 1 atom stereocenters. The van der Waals surface area contributed by atoms with Gasteiger partial charge in [0.25, 0.3) is 0 Å². The van der Waals surface area contributed by atoms with Gasteiger partial charge in [-0.25, -0.2) is 4.39 Å². The molecule has 0 radical (unpaired) electrons. The maximum Gasteiger partial charge on any atom is 0.123 e. The molecule has 0 saturated carbocycles. The zero-order valence-electron chi connectivity index (χ0n) is 10.4. The van der Waals surface area contributed by atoms with Gasteiger partial charge in [0, 0.05) is 6.04 Å². The van der Waals surface area contributed by atoms with E-state index in [4.69, 9.17) is 11.6 Å². The normalized spacial score (nSPS) is 12.2. The first kappa shape index (κ1) is 12.9. The number of aryl methyl sites for hydroxylation is 1. The van der Waals surface area contributed by atoms with Gasteiger partial charge in [0.15, 0.2) is 0 Å². The molecule has 1 unspecified atom stereocenters. The smallest absolute Gasteiger partial charge is 0.123 e. The van der Waals surface area contributed by atoms with Crippen molar-refractivity contribution < 1.29 is 4.39 Å². The fourth-order valence-corrected chi connectivity index (χ4v) is 2.17. The van der Waals surface area contributed by atoms with Crippen LogP contribution in [-0.4, -0.2) is 0 Å². The van der Waals surface area contributed by atoms with Crippen LogP contribution in [0.2, 0.25) is 5.02 Å². The fourth-order valence-electron chi connectivity index (χ4n) is 1.89. The van der Waals surface area contributed by atoms with Crippen molar-refractivity contribution in [3.8, 4) is 0 Å². The molecule has 2 aromatic rings. The van der Waals surface area contributed by atoms with Crippen molar-refractivity contribution in [3.05, 3.63) is 64.4 Å². The largest absolute Gasteiger partial charge is 0.377 e. The average molecular weight is 264 g/mol. The van der Waals surface area contributed by atoms with E-state index in [1.165, 1.54) is 12.1 Å². The summed E-state index contributed by atoms with van der Waals surface area (Å²) >= 11 is 6.16. The molecule has 2 rings (SSSR count). The van der Waals surface area contributed by atoms with Crippen LogP contribution in [0, 0.1) is 12.7 Å². The molecule has 94 valence electrons. The summed E-state index contributed by atoms with van der Waals surface area (Å²) in [7, 11) is 0. The van der Waals surface area contributed by atoms with E-state index in [0.717, 1.165) is 16.8 Å². The zero-order valence-corrected chi connectivity index (χ0v) is 11.1. The van der Waals surface area contributed by atoms with Crippen LogP contribution in [-0.2, 0) is 0 Å². The third kappa shape index (κ3) is 2.82. The van der Waals surface area contributed by atoms with Crippen LogP contribution in [0.1, 0.15) is 24.1 Å². The van der Waals surface area contributed by atoms with Gasteiger partial charge >= 0.3 is 0 Å². The molecule has 0 aliphatic rings. The summed E-state index contributed by atoms with van der Waals surface area (Å²) in [6, 6.07) is 12.3. The second-order valence-corrected chi connectivity index (χ2v) is 4.76. The second kappa shape index (κ2) is 5.40. The Hall–Kier alpha value is -1.54. The van der Waals surface area contributed by atoms with Gasteiger partial charge < -0.3 is 5.32 Å². The van der Waals surface area contributed by atoms with Crippen LogP contribution in [0.25, 0.3) is 0 Å². The van der Waals surface area contributed by atoms with Crippen LogP contribution in [0.5, 0.6) is 0 Å². The number of hydrogen-bond donors (Lipinski definition) is 1. The molecule has 1 nitrogen and oxygen atoms in total. The van der Waals surface area contributed by atoms with E-state index >= 15 is 0 Å². The predicted octanol–water partition coefficient (Wildman–Crippen LogP) is 4.96. The Bertz CT molecular complexity index is 534. The fraction of sp³-hybridized carbons (Fsp3) is 0.200. The number of rotatable bonds is 3. The summed E-state index contributed by atoms with van der Waals surface area (Å²) in [6.07, 6.45) is 0. The van der Waals surface area contributed by atoms with Crippen LogP contribution in [0.3, 0.4) is 0 Å². The first-order valence-corrected chi connectivity index (χ1v) is 6.23. The average Bonchev–Trinajstić information content (AvgIpc) is 2.34. The van der Waals surface area contributed by atoms with Gasteiger partial charge in [0.2, 0.25) is 0 Å². The third-order valence-electron chi connectivity index (χ3n) is 2.93. The molecule has 0 spiro atoms. The molecule has 0 bridgehead atoms. The number of hydrogen-bond acceptors (Lipinski definition) is 1. The first-order chi connectivity index (χ1) is 8.58. The van der Waals surface area contributed by atoms with Gasteiger partial charge in [-0.15, -0.1) is 0 Å². The minimum atomic E-state index is -0.225. The van der Waals surface area contributed by atoms with Crippen molar-refractivity contribution in [3.63, 3.8) is 0 Å². The minimum Gasteiger partial charge on any atom is -0.377 e. The van der Waals surface area contributed by atoms with E-state index in [-0.39, 0.29) is 11.9 Å². The highest BCUT2D eigenvalue weighted by Crippen LogP contribution is 2.29. The summed E-state index contributed by atoms with van der Waals surface area (Å²) in [4.78, 5) is 0. The molecule has 0 aliphatic heterocycles. The van der Waals surface area contributed by atoms with E-state index in [2.05, 4.69) is 5.32 Å². The Kier molecular flexibility index (Phi) is 3.87. The lowest BCUT2D eigenvalue weighted by molar-refractivity contribution is 0.623. The summed E-state index contributed by atoms with van der Waals surface area (Å²) in [5.41, 5.74) is 2.87. The van der Waals surface area contributed by atoms with Crippen LogP contribution in [0.15, 0.2) is 42.5 Å². The summed E-state index contributed by atoms with van der Waals surface area (Å²) in [6.45, 7) is 3.98. The standard InChI is InChI=1S/C15H15ClFN/c1-10-5-3-8-14(16)15(10)18-11(2)12-6-4-7-13(17)9-12/h3-9,11,18H,1-2H3. The molecule has 0 aromatic heterocycles. The molecule has 18 heavy (non-hydrogen) atoms. The van der Waals surface area contributed by atoms with E-state index in [1.54, 1.807) is 6.07 Å². The highest BCUT2D eigenvalue weighted by atomic mass is 35.5. The molecule has 2 aromatic carbocycles. The van der Waals surface area contributed by atoms with Crippen LogP contribution in [0.4, 0.5) is 10.1 Å². The van der Waals surface area contributed by atoms with Crippen LogP contribution < -0.4 is 5.32 Å². The molecule has 0 heterocycles. The van der Waals surface area contributed by atoms with Crippen molar-refractivity contribution in [2.45, 2.75) is 19.9 Å². The lowest BCUT2D eigenvalue weighted by Gasteiger charge is -2.18. The van der Waals surface area contributed by atoms with E-state index < -0.39 is 0 Å². The SMILES string of the molecule is Cc1cccc(Cl)c1NC(C)c1cccc(F)c1. The molecule has 0 aliphatic carbocycles. The molecule has 1 N–H and O–H groups in total. The Morgan fingerprint density at radius 1 is 1.17 bits per heavy atom. The van der Waals surface area contributed by atoms with Crippen molar-refractivity contribution in [2.75, 3.05) is 5.32 Å². The minimum absolute atomic E-state index is 0.000648. The van der Waals surface area contributed by atoms with Crippen molar-refractivity contribution in [1.29, 1.82) is 0 Å². The Labute approximate surface area is 112 Å². The highest BCUT2D eigenvalue weighted by molar-refractivity contribution is 6.33. The lowest BCUT2D eigenvalue weighted by atomic mass is 10.1. The van der Waals surface area contributed by atoms with E-state index in [9.17, 15) is 4.39 Å². The highest BCUT2D eigenvalue weighted by Gasteiger charge is 2.10. The predicted molar refractivity (Wildman–Crippen MR) is 74.6 cm³/mol. The Balaban J connectivity index is 2.24. The number of benzene rings is 2. The molecular formula is C15H15ClFN. The van der Waals surface area contributed by atoms with E-state index in [1.807, 2.05) is 38.1 Å². The van der Waals surface area contributed by atoms with Gasteiger partial charge in [0.05, 0.1) is 10.7 Å². The summed E-state index contributed by atoms with van der Waals surface area (Å²) < 4.78 is 13.2. The topological polar surface area (TPSA) is 12.0 Å². The van der Waals surface area contributed by atoms with Crippen molar-refractivity contribution in [1.82, 2.24) is 0 Å². The number of halogens is 2. The van der Waals surface area contributed by atoms with Gasteiger partial charge in [-0.05, 0) is 43.2 Å². The first-order valence-electron chi connectivity index (χ1n) is 5.85. The summed E-state index contributed by atoms with van der Waals surface area (Å²) in [5, 5.41) is 4.00. The van der Waals surface area contributed by atoms with Gasteiger partial charge in [-0.2, -0.15) is 0 Å². The molecule has 0 fully saturated rings. The molecule has 3 heteroatoms. The monoisotopic (exact) mass is 263 g/mol. The maximum atomic E-state index is 13.2. The Morgan fingerprint density at radius 3 is 2.56 bits per heavy atom. The maximum absolute atomic E-state index is 13.2. The Morgan fingerprint density at radius 2 is 1.89 bits per heavy atom. The van der Waals surface area contributed by atoms with Crippen molar-refractivity contribution in [2.24, 2.45) is 0 Å². The molecule has 0 saturated heterocycles. The summed E-state index contributed by atoms with van der Waals surface area (Å²) in [5.74, 6) is -0.225. The van der Waals surface area contributed by atoms with Crippen molar-refractivity contribution >= 4 is 17.3 Å². The zero-order chi connectivity index (χ0) is 13.1. The third-order valence-corrected chi connectivity index (χ3v) is 3.25. The molecule has 0 amide bonds. The van der Waals surface area contributed by atoms with E-state index in [0.29, 0.717) is 5.02 Å². The second-order valence-electron chi connectivity index (χ2n) is 4.35. The van der Waals surface area contributed by atoms with Gasteiger partial charge in [0.1, 0.15) is 5.82 Å². The van der Waals surface area contributed by atoms with Gasteiger partial charge in [-0.1, -0.05) is 35.9 Å². The number of anilines is 1. The van der Waals surface area contributed by atoms with Crippen LogP contribution >= 0.6 is 11.6 Å². The lowest BCUT2D eigenvalue weighted by Crippen LogP contribution is -2.08. The number of para-hydroxylation sites is 1. The van der Waals surface area contributed by atoms with Gasteiger partial charge in [-0.3, -0.25) is 0 Å².